The first-order valence-electron chi connectivity index (χ1n) is 12.0. The second kappa shape index (κ2) is 9.31. The molecule has 38 heavy (non-hydrogen) atoms. The van der Waals surface area contributed by atoms with Gasteiger partial charge in [0.15, 0.2) is 7.14 Å². The monoisotopic (exact) mass is 543 g/mol. The van der Waals surface area contributed by atoms with Gasteiger partial charge in [-0.1, -0.05) is 54.3 Å². The Morgan fingerprint density at radius 1 is 0.658 bits per heavy atom. The molecule has 1 aliphatic heterocycles. The lowest BCUT2D eigenvalue weighted by molar-refractivity contribution is 0.593. The van der Waals surface area contributed by atoms with Crippen molar-refractivity contribution in [1.29, 1.82) is 0 Å². The van der Waals surface area contributed by atoms with Crippen molar-refractivity contribution in [3.63, 3.8) is 0 Å². The van der Waals surface area contributed by atoms with Crippen LogP contribution >= 0.6 is 29.8 Å². The van der Waals surface area contributed by atoms with Crippen molar-refractivity contribution in [3.05, 3.63) is 119 Å². The summed E-state index contributed by atoms with van der Waals surface area (Å²) in [5.74, 6) is 6.68. The van der Waals surface area contributed by atoms with Crippen molar-refractivity contribution in [1.82, 2.24) is 15.0 Å². The molecule has 1 atom stereocenters. The smallest absolute Gasteiger partial charge is 0.174 e. The zero-order valence-corrected chi connectivity index (χ0v) is 22.4. The molecule has 5 aromatic heterocycles. The van der Waals surface area contributed by atoms with Crippen LogP contribution in [-0.2, 0) is 4.57 Å². The molecule has 7 heteroatoms. The first kappa shape index (κ1) is 23.0. The molecule has 0 N–H and O–H groups in total. The number of hydrogen-bond donors (Lipinski definition) is 0. The first-order chi connectivity index (χ1) is 18.7. The Hall–Kier alpha value is -4.14. The molecule has 6 aromatic rings. The van der Waals surface area contributed by atoms with E-state index in [4.69, 9.17) is 4.98 Å². The summed E-state index contributed by atoms with van der Waals surface area (Å²) >= 11 is 3.26. The van der Waals surface area contributed by atoms with Gasteiger partial charge in [0, 0.05) is 33.9 Å². The average molecular weight is 544 g/mol. The number of thiophene rings is 2. The van der Waals surface area contributed by atoms with E-state index >= 15 is 0 Å². The van der Waals surface area contributed by atoms with Gasteiger partial charge >= 0.3 is 0 Å². The van der Waals surface area contributed by atoms with E-state index in [0.29, 0.717) is 0 Å². The summed E-state index contributed by atoms with van der Waals surface area (Å²) in [6.07, 6.45) is 3.51. The predicted octanol–water partition coefficient (Wildman–Crippen LogP) is 6.35. The van der Waals surface area contributed by atoms with Gasteiger partial charge in [-0.15, -0.1) is 22.7 Å². The predicted molar refractivity (Wildman–Crippen MR) is 157 cm³/mol. The van der Waals surface area contributed by atoms with Gasteiger partial charge in [0.25, 0.3) is 0 Å². The Balaban J connectivity index is 1.33. The zero-order chi connectivity index (χ0) is 25.5. The molecule has 0 radical (unpaired) electrons. The number of pyridine rings is 3. The maximum atomic E-state index is 14.6. The molecule has 6 heterocycles. The number of aromatic nitrogens is 3. The number of benzene rings is 1. The van der Waals surface area contributed by atoms with E-state index in [1.54, 1.807) is 35.1 Å². The van der Waals surface area contributed by atoms with Gasteiger partial charge < -0.3 is 4.57 Å². The van der Waals surface area contributed by atoms with Crippen LogP contribution in [0, 0.1) is 11.8 Å². The summed E-state index contributed by atoms with van der Waals surface area (Å²) in [5.41, 5.74) is 3.85. The highest BCUT2D eigenvalue weighted by Gasteiger charge is 2.42. The van der Waals surface area contributed by atoms with Crippen LogP contribution in [0.3, 0.4) is 0 Å². The minimum Gasteiger partial charge on any atom is -0.309 e. The lowest BCUT2D eigenvalue weighted by atomic mass is 10.1. The molecular formula is C31H18N3OPS2. The molecule has 1 aliphatic rings. The molecule has 0 saturated carbocycles. The third-order valence-corrected chi connectivity index (χ3v) is 11.9. The maximum Gasteiger partial charge on any atom is 0.174 e. The highest BCUT2D eigenvalue weighted by atomic mass is 32.1. The zero-order valence-electron chi connectivity index (χ0n) is 19.9. The molecule has 0 fully saturated rings. The summed E-state index contributed by atoms with van der Waals surface area (Å²) in [5, 5.41) is 4.75. The molecule has 1 aromatic carbocycles. The van der Waals surface area contributed by atoms with Crippen molar-refractivity contribution in [2.24, 2.45) is 0 Å². The second-order valence-corrected chi connectivity index (χ2v) is 13.4. The fourth-order valence-corrected chi connectivity index (χ4v) is 10.7. The summed E-state index contributed by atoms with van der Waals surface area (Å²) in [6.45, 7) is 0. The van der Waals surface area contributed by atoms with Crippen LogP contribution in [0.15, 0.2) is 109 Å². The second-order valence-electron chi connectivity index (χ2n) is 8.71. The highest BCUT2D eigenvalue weighted by molar-refractivity contribution is 7.87. The van der Waals surface area contributed by atoms with E-state index in [0.717, 1.165) is 58.9 Å². The quantitative estimate of drug-likeness (QED) is 0.193. The topological polar surface area (TPSA) is 55.7 Å². The summed E-state index contributed by atoms with van der Waals surface area (Å²) in [6, 6.07) is 29.3. The van der Waals surface area contributed by atoms with Crippen LogP contribution in [0.2, 0.25) is 0 Å². The molecule has 7 rings (SSSR count). The van der Waals surface area contributed by atoms with Gasteiger partial charge in [-0.05, 0) is 53.9 Å². The van der Waals surface area contributed by atoms with Gasteiger partial charge in [-0.2, -0.15) is 0 Å². The van der Waals surface area contributed by atoms with Crippen LogP contribution in [0.5, 0.6) is 0 Å². The maximum absolute atomic E-state index is 14.6. The van der Waals surface area contributed by atoms with E-state index < -0.39 is 7.14 Å². The summed E-state index contributed by atoms with van der Waals surface area (Å²) in [7, 11) is -2.90. The Morgan fingerprint density at radius 3 is 2.00 bits per heavy atom. The standard InChI is InChI=1S/C31H18N3OPS2/c35-36(22-8-2-1-3-9-22)28-14-17-37-30(28)31-29(36)20-23(38-31)13-12-21-18-26(24-10-4-6-15-32-24)34-27(19-21)25-11-5-7-16-33-25/h1-11,14-20H. The molecule has 1 unspecified atom stereocenters. The molecular weight excluding hydrogens is 525 g/mol. The first-order valence-corrected chi connectivity index (χ1v) is 15.4. The fraction of sp³-hybridized carbons (Fsp3) is 0. The molecule has 180 valence electrons. The average Bonchev–Trinajstić information content (AvgIpc) is 3.69. The van der Waals surface area contributed by atoms with E-state index in [1.165, 1.54) is 0 Å². The Kier molecular flexibility index (Phi) is 5.64. The van der Waals surface area contributed by atoms with Gasteiger partial charge in [0.05, 0.1) is 37.4 Å². The van der Waals surface area contributed by atoms with Crippen LogP contribution in [-0.4, -0.2) is 15.0 Å². The van der Waals surface area contributed by atoms with Crippen LogP contribution in [0.25, 0.3) is 32.5 Å². The molecule has 0 spiro atoms. The molecule has 4 nitrogen and oxygen atoms in total. The molecule has 0 bridgehead atoms. The van der Waals surface area contributed by atoms with Gasteiger partial charge in [-0.3, -0.25) is 9.97 Å². The Labute approximate surface area is 228 Å². The van der Waals surface area contributed by atoms with Crippen molar-refractivity contribution in [3.8, 4) is 44.4 Å². The minimum absolute atomic E-state index is 0.739. The van der Waals surface area contributed by atoms with Gasteiger partial charge in [-0.25, -0.2) is 4.98 Å². The summed E-state index contributed by atoms with van der Waals surface area (Å²) in [4.78, 5) is 16.8. The minimum atomic E-state index is -2.90. The molecule has 0 aliphatic carbocycles. The number of fused-ring (bicyclic) bond motifs is 3. The number of nitrogens with zero attached hydrogens (tertiary/aromatic N) is 3. The Morgan fingerprint density at radius 2 is 1.34 bits per heavy atom. The van der Waals surface area contributed by atoms with Gasteiger partial charge in [0.1, 0.15) is 0 Å². The third kappa shape index (κ3) is 3.84. The van der Waals surface area contributed by atoms with E-state index in [2.05, 4.69) is 21.8 Å². The van der Waals surface area contributed by atoms with Crippen LogP contribution in [0.4, 0.5) is 0 Å². The van der Waals surface area contributed by atoms with Gasteiger partial charge in [0.2, 0.25) is 0 Å². The van der Waals surface area contributed by atoms with Crippen molar-refractivity contribution in [2.75, 3.05) is 0 Å². The Bertz CT molecular complexity index is 1850. The normalized spacial score (nSPS) is 15.4. The fourth-order valence-electron chi connectivity index (χ4n) is 4.63. The summed E-state index contributed by atoms with van der Waals surface area (Å²) < 4.78 is 14.6. The molecule has 0 saturated heterocycles. The highest BCUT2D eigenvalue weighted by Crippen LogP contribution is 2.55. The van der Waals surface area contributed by atoms with Crippen molar-refractivity contribution >= 4 is 45.7 Å². The third-order valence-electron chi connectivity index (χ3n) is 6.37. The largest absolute Gasteiger partial charge is 0.309 e. The van der Waals surface area contributed by atoms with E-state index in [9.17, 15) is 4.57 Å². The number of rotatable bonds is 3. The lowest BCUT2D eigenvalue weighted by Crippen LogP contribution is -2.19. The molecule has 0 amide bonds. The van der Waals surface area contributed by atoms with Crippen molar-refractivity contribution < 1.29 is 4.57 Å². The van der Waals surface area contributed by atoms with E-state index in [1.807, 2.05) is 96.4 Å². The van der Waals surface area contributed by atoms with Crippen LogP contribution in [0.1, 0.15) is 10.4 Å². The van der Waals surface area contributed by atoms with E-state index in [-0.39, 0.29) is 0 Å². The van der Waals surface area contributed by atoms with Crippen molar-refractivity contribution in [2.45, 2.75) is 0 Å². The SMILES string of the molecule is O=P1(c2ccccc2)c2ccsc2-c2sc(C#Cc3cc(-c4ccccn4)nc(-c4ccccn4)c3)cc21. The van der Waals surface area contributed by atoms with Crippen LogP contribution < -0.4 is 15.9 Å². The number of hydrogen-bond acceptors (Lipinski definition) is 6. The lowest BCUT2D eigenvalue weighted by Gasteiger charge is -2.13.